The predicted molar refractivity (Wildman–Crippen MR) is 136 cm³/mol. The van der Waals surface area contributed by atoms with Gasteiger partial charge in [0.1, 0.15) is 12.3 Å². The largest absolute Gasteiger partial charge is 0.467 e. The van der Waals surface area contributed by atoms with Crippen LogP contribution in [-0.2, 0) is 23.2 Å². The molecule has 0 unspecified atom stereocenters. The molecular formula is C29H34N2O3. The van der Waals surface area contributed by atoms with Gasteiger partial charge in [-0.05, 0) is 47.2 Å². The summed E-state index contributed by atoms with van der Waals surface area (Å²) >= 11 is 0. The van der Waals surface area contributed by atoms with Crippen LogP contribution in [0.2, 0.25) is 0 Å². The third kappa shape index (κ3) is 6.95. The molecule has 1 aromatic heterocycles. The standard InChI is InChI=1S/C29H34N2O3/c1-5-18-31(28(33)24-13-15-25(16-14-24)29(2,3)4)22-27(32)30(21-26-12-9-20-34-26)19-17-23-10-7-6-8-11-23/h5-16,20H,1,17-19,21-22H2,2-4H3. The van der Waals surface area contributed by atoms with Crippen LogP contribution < -0.4 is 0 Å². The van der Waals surface area contributed by atoms with Gasteiger partial charge in [-0.1, -0.05) is 69.3 Å². The highest BCUT2D eigenvalue weighted by Gasteiger charge is 2.23. The van der Waals surface area contributed by atoms with Crippen molar-refractivity contribution in [1.29, 1.82) is 0 Å². The maximum Gasteiger partial charge on any atom is 0.254 e. The maximum absolute atomic E-state index is 13.4. The summed E-state index contributed by atoms with van der Waals surface area (Å²) in [6.45, 7) is 11.3. The number of nitrogens with zero attached hydrogens (tertiary/aromatic N) is 2. The monoisotopic (exact) mass is 458 g/mol. The van der Waals surface area contributed by atoms with E-state index in [0.29, 0.717) is 31.0 Å². The Hall–Kier alpha value is -3.60. The van der Waals surface area contributed by atoms with Gasteiger partial charge < -0.3 is 14.2 Å². The molecule has 0 spiro atoms. The second-order valence-corrected chi connectivity index (χ2v) is 9.43. The van der Waals surface area contributed by atoms with Crippen molar-refractivity contribution in [3.63, 3.8) is 0 Å². The topological polar surface area (TPSA) is 53.8 Å². The fraction of sp³-hybridized carbons (Fsp3) is 0.310. The summed E-state index contributed by atoms with van der Waals surface area (Å²) in [4.78, 5) is 29.9. The number of benzene rings is 2. The van der Waals surface area contributed by atoms with Crippen LogP contribution in [0.3, 0.4) is 0 Å². The molecule has 2 aromatic carbocycles. The average molecular weight is 459 g/mol. The maximum atomic E-state index is 13.4. The van der Waals surface area contributed by atoms with Gasteiger partial charge in [-0.2, -0.15) is 0 Å². The molecule has 34 heavy (non-hydrogen) atoms. The summed E-state index contributed by atoms with van der Waals surface area (Å²) in [6, 6.07) is 21.3. The Kier molecular flexibility index (Phi) is 8.47. The minimum absolute atomic E-state index is 0.00343. The van der Waals surface area contributed by atoms with Crippen molar-refractivity contribution in [3.05, 3.63) is 108 Å². The number of furan rings is 1. The Morgan fingerprint density at radius 3 is 2.24 bits per heavy atom. The zero-order valence-electron chi connectivity index (χ0n) is 20.4. The van der Waals surface area contributed by atoms with Gasteiger partial charge in [-0.3, -0.25) is 9.59 Å². The number of amides is 2. The first-order chi connectivity index (χ1) is 16.3. The molecule has 178 valence electrons. The molecule has 0 bridgehead atoms. The molecule has 0 saturated carbocycles. The quantitative estimate of drug-likeness (QED) is 0.378. The molecule has 2 amide bonds. The number of hydrogen-bond acceptors (Lipinski definition) is 3. The van der Waals surface area contributed by atoms with Crippen molar-refractivity contribution in [1.82, 2.24) is 9.80 Å². The number of rotatable bonds is 10. The Labute approximate surface area is 202 Å². The van der Waals surface area contributed by atoms with E-state index in [1.54, 1.807) is 22.1 Å². The van der Waals surface area contributed by atoms with Gasteiger partial charge in [0.15, 0.2) is 0 Å². The molecule has 0 aliphatic carbocycles. The van der Waals surface area contributed by atoms with Crippen LogP contribution in [0, 0.1) is 0 Å². The minimum Gasteiger partial charge on any atom is -0.467 e. The van der Waals surface area contributed by atoms with E-state index in [0.717, 1.165) is 17.5 Å². The average Bonchev–Trinajstić information content (AvgIpc) is 3.34. The fourth-order valence-corrected chi connectivity index (χ4v) is 3.73. The highest BCUT2D eigenvalue weighted by atomic mass is 16.3. The second-order valence-electron chi connectivity index (χ2n) is 9.43. The number of carbonyl (C=O) groups excluding carboxylic acids is 2. The van der Waals surface area contributed by atoms with E-state index in [4.69, 9.17) is 4.42 Å². The highest BCUT2D eigenvalue weighted by Crippen LogP contribution is 2.22. The van der Waals surface area contributed by atoms with Crippen LogP contribution in [0.15, 0.2) is 90.1 Å². The van der Waals surface area contributed by atoms with Gasteiger partial charge in [0.2, 0.25) is 5.91 Å². The normalized spacial score (nSPS) is 11.1. The van der Waals surface area contributed by atoms with E-state index in [9.17, 15) is 9.59 Å². The van der Waals surface area contributed by atoms with E-state index in [2.05, 4.69) is 27.4 Å². The lowest BCUT2D eigenvalue weighted by Crippen LogP contribution is -2.43. The lowest BCUT2D eigenvalue weighted by molar-refractivity contribution is -0.132. The zero-order chi connectivity index (χ0) is 24.6. The van der Waals surface area contributed by atoms with Crippen molar-refractivity contribution in [3.8, 4) is 0 Å². The molecule has 0 N–H and O–H groups in total. The van der Waals surface area contributed by atoms with Gasteiger partial charge in [0.05, 0.1) is 12.8 Å². The predicted octanol–water partition coefficient (Wildman–Crippen LogP) is 5.48. The van der Waals surface area contributed by atoms with Crippen molar-refractivity contribution >= 4 is 11.8 Å². The molecule has 0 radical (unpaired) electrons. The van der Waals surface area contributed by atoms with Gasteiger partial charge in [0, 0.05) is 18.7 Å². The lowest BCUT2D eigenvalue weighted by Gasteiger charge is -2.27. The van der Waals surface area contributed by atoms with Crippen molar-refractivity contribution in [2.45, 2.75) is 39.2 Å². The molecule has 0 atom stereocenters. The van der Waals surface area contributed by atoms with E-state index < -0.39 is 0 Å². The first-order valence-corrected chi connectivity index (χ1v) is 11.6. The summed E-state index contributed by atoms with van der Waals surface area (Å²) in [5.41, 5.74) is 2.87. The molecule has 5 nitrogen and oxygen atoms in total. The molecule has 3 rings (SSSR count). The van der Waals surface area contributed by atoms with Crippen LogP contribution in [0.5, 0.6) is 0 Å². The Morgan fingerprint density at radius 2 is 1.65 bits per heavy atom. The van der Waals surface area contributed by atoms with Crippen LogP contribution in [0.25, 0.3) is 0 Å². The second kappa shape index (κ2) is 11.5. The van der Waals surface area contributed by atoms with Crippen LogP contribution in [-0.4, -0.2) is 41.2 Å². The number of hydrogen-bond donors (Lipinski definition) is 0. The molecule has 0 fully saturated rings. The first-order valence-electron chi connectivity index (χ1n) is 11.6. The van der Waals surface area contributed by atoms with E-state index >= 15 is 0 Å². The molecule has 0 saturated heterocycles. The van der Waals surface area contributed by atoms with E-state index in [-0.39, 0.29) is 23.8 Å². The highest BCUT2D eigenvalue weighted by molar-refractivity contribution is 5.96. The minimum atomic E-state index is -0.185. The van der Waals surface area contributed by atoms with Gasteiger partial charge in [0.25, 0.3) is 5.91 Å². The van der Waals surface area contributed by atoms with Crippen molar-refractivity contribution in [2.75, 3.05) is 19.6 Å². The van der Waals surface area contributed by atoms with Crippen LogP contribution in [0.1, 0.15) is 48.0 Å². The molecule has 5 heteroatoms. The zero-order valence-corrected chi connectivity index (χ0v) is 20.4. The summed E-state index contributed by atoms with van der Waals surface area (Å²) < 4.78 is 5.48. The molecular weight excluding hydrogens is 424 g/mol. The van der Waals surface area contributed by atoms with Crippen LogP contribution in [0.4, 0.5) is 0 Å². The third-order valence-electron chi connectivity index (χ3n) is 5.75. The summed E-state index contributed by atoms with van der Waals surface area (Å²) in [7, 11) is 0. The lowest BCUT2D eigenvalue weighted by atomic mass is 9.86. The van der Waals surface area contributed by atoms with Crippen molar-refractivity contribution < 1.29 is 14.0 Å². The Morgan fingerprint density at radius 1 is 0.941 bits per heavy atom. The van der Waals surface area contributed by atoms with Gasteiger partial charge in [-0.15, -0.1) is 6.58 Å². The summed E-state index contributed by atoms with van der Waals surface area (Å²) in [5, 5.41) is 0. The number of carbonyl (C=O) groups is 2. The molecule has 0 aliphatic heterocycles. The van der Waals surface area contributed by atoms with Gasteiger partial charge >= 0.3 is 0 Å². The smallest absolute Gasteiger partial charge is 0.254 e. The van der Waals surface area contributed by atoms with Crippen molar-refractivity contribution in [2.24, 2.45) is 0 Å². The SMILES string of the molecule is C=CCN(CC(=O)N(CCc1ccccc1)Cc1ccco1)C(=O)c1ccc(C(C)(C)C)cc1. The van der Waals surface area contributed by atoms with Crippen LogP contribution >= 0.6 is 0 Å². The van der Waals surface area contributed by atoms with E-state index in [1.165, 1.54) is 0 Å². The Balaban J connectivity index is 1.74. The van der Waals surface area contributed by atoms with E-state index in [1.807, 2.05) is 66.7 Å². The molecule has 1 heterocycles. The molecule has 3 aromatic rings. The summed E-state index contributed by atoms with van der Waals surface area (Å²) in [5.74, 6) is 0.393. The van der Waals surface area contributed by atoms with Gasteiger partial charge in [-0.25, -0.2) is 0 Å². The fourth-order valence-electron chi connectivity index (χ4n) is 3.73. The summed E-state index contributed by atoms with van der Waals surface area (Å²) in [6.07, 6.45) is 3.97. The molecule has 0 aliphatic rings. The third-order valence-corrected chi connectivity index (χ3v) is 5.75. The Bertz CT molecular complexity index is 1060. The first kappa shape index (κ1) is 25.0.